The minimum atomic E-state index is -0.113. The molecule has 0 bridgehead atoms. The van der Waals surface area contributed by atoms with Crippen molar-refractivity contribution in [3.05, 3.63) is 16.6 Å². The minimum absolute atomic E-state index is 0.113. The summed E-state index contributed by atoms with van der Waals surface area (Å²) in [6.45, 7) is 1.45. The van der Waals surface area contributed by atoms with Crippen molar-refractivity contribution >= 4 is 11.3 Å². The van der Waals surface area contributed by atoms with E-state index in [9.17, 15) is 0 Å². The monoisotopic (exact) mass is 198 g/mol. The second-order valence-corrected chi connectivity index (χ2v) is 4.42. The molecule has 1 saturated heterocycles. The molecule has 2 rings (SSSR count). The molecule has 2 N–H and O–H groups in total. The highest BCUT2D eigenvalue weighted by Crippen LogP contribution is 2.28. The molecule has 0 spiro atoms. The number of thiazole rings is 1. The van der Waals surface area contributed by atoms with Crippen LogP contribution in [0.1, 0.15) is 17.8 Å². The SMILES string of the molecule is NCC1(Cc2nccs2)CCCO1. The summed E-state index contributed by atoms with van der Waals surface area (Å²) in [5.41, 5.74) is 5.62. The number of nitrogens with two attached hydrogens (primary N) is 1. The maximum atomic E-state index is 5.74. The fraction of sp³-hybridized carbons (Fsp3) is 0.667. The van der Waals surface area contributed by atoms with Gasteiger partial charge >= 0.3 is 0 Å². The van der Waals surface area contributed by atoms with E-state index in [1.807, 2.05) is 11.6 Å². The lowest BCUT2D eigenvalue weighted by atomic mass is 9.97. The zero-order chi connectivity index (χ0) is 9.15. The molecule has 0 aromatic carbocycles. The summed E-state index contributed by atoms with van der Waals surface area (Å²) in [6, 6.07) is 0. The van der Waals surface area contributed by atoms with Crippen LogP contribution in [0.4, 0.5) is 0 Å². The fourth-order valence-corrected chi connectivity index (χ4v) is 2.49. The van der Waals surface area contributed by atoms with Gasteiger partial charge in [-0.15, -0.1) is 11.3 Å². The topological polar surface area (TPSA) is 48.1 Å². The van der Waals surface area contributed by atoms with Gasteiger partial charge in [0.25, 0.3) is 0 Å². The van der Waals surface area contributed by atoms with E-state index in [0.717, 1.165) is 30.9 Å². The van der Waals surface area contributed by atoms with E-state index in [1.54, 1.807) is 11.3 Å². The Morgan fingerprint density at radius 3 is 3.15 bits per heavy atom. The van der Waals surface area contributed by atoms with E-state index in [0.29, 0.717) is 6.54 Å². The van der Waals surface area contributed by atoms with Crippen LogP contribution >= 0.6 is 11.3 Å². The molecular weight excluding hydrogens is 184 g/mol. The predicted octanol–water partition coefficient (Wildman–Crippen LogP) is 1.19. The van der Waals surface area contributed by atoms with Crippen molar-refractivity contribution in [3.63, 3.8) is 0 Å². The molecule has 72 valence electrons. The third-order valence-electron chi connectivity index (χ3n) is 2.51. The molecule has 1 atom stereocenters. The number of nitrogens with zero attached hydrogens (tertiary/aromatic N) is 1. The second-order valence-electron chi connectivity index (χ2n) is 3.44. The van der Waals surface area contributed by atoms with E-state index >= 15 is 0 Å². The maximum Gasteiger partial charge on any atom is 0.0954 e. The van der Waals surface area contributed by atoms with Gasteiger partial charge in [-0.25, -0.2) is 4.98 Å². The number of hydrogen-bond donors (Lipinski definition) is 1. The quantitative estimate of drug-likeness (QED) is 0.793. The van der Waals surface area contributed by atoms with Gasteiger partial charge in [0.1, 0.15) is 0 Å². The van der Waals surface area contributed by atoms with Gasteiger partial charge in [0.05, 0.1) is 10.6 Å². The maximum absolute atomic E-state index is 5.74. The zero-order valence-corrected chi connectivity index (χ0v) is 8.35. The van der Waals surface area contributed by atoms with E-state index in [2.05, 4.69) is 4.98 Å². The average molecular weight is 198 g/mol. The summed E-state index contributed by atoms with van der Waals surface area (Å²) in [5, 5.41) is 3.13. The van der Waals surface area contributed by atoms with Gasteiger partial charge in [-0.3, -0.25) is 0 Å². The molecule has 3 nitrogen and oxygen atoms in total. The molecule has 0 amide bonds. The van der Waals surface area contributed by atoms with Crippen LogP contribution in [0.25, 0.3) is 0 Å². The van der Waals surface area contributed by atoms with Crippen molar-refractivity contribution in [2.45, 2.75) is 24.9 Å². The molecule has 0 saturated carbocycles. The van der Waals surface area contributed by atoms with E-state index < -0.39 is 0 Å². The summed E-state index contributed by atoms with van der Waals surface area (Å²) < 4.78 is 5.70. The Kier molecular flexibility index (Phi) is 2.62. The highest BCUT2D eigenvalue weighted by atomic mass is 32.1. The van der Waals surface area contributed by atoms with Crippen LogP contribution in [0.5, 0.6) is 0 Å². The Morgan fingerprint density at radius 2 is 2.62 bits per heavy atom. The summed E-state index contributed by atoms with van der Waals surface area (Å²) in [4.78, 5) is 4.26. The second kappa shape index (κ2) is 3.74. The molecule has 1 unspecified atom stereocenters. The first-order chi connectivity index (χ1) is 6.35. The molecule has 1 aliphatic rings. The Morgan fingerprint density at radius 1 is 1.69 bits per heavy atom. The van der Waals surface area contributed by atoms with Crippen LogP contribution in [0.15, 0.2) is 11.6 Å². The van der Waals surface area contributed by atoms with E-state index in [-0.39, 0.29) is 5.60 Å². The van der Waals surface area contributed by atoms with Crippen molar-refractivity contribution < 1.29 is 4.74 Å². The summed E-state index contributed by atoms with van der Waals surface area (Å²) in [7, 11) is 0. The molecular formula is C9H14N2OS. The summed E-state index contributed by atoms with van der Waals surface area (Å²) >= 11 is 1.68. The average Bonchev–Trinajstić information content (AvgIpc) is 2.77. The zero-order valence-electron chi connectivity index (χ0n) is 7.53. The largest absolute Gasteiger partial charge is 0.373 e. The third kappa shape index (κ3) is 1.90. The number of hydrogen-bond acceptors (Lipinski definition) is 4. The van der Waals surface area contributed by atoms with Crippen LogP contribution in [0, 0.1) is 0 Å². The lowest BCUT2D eigenvalue weighted by Gasteiger charge is -2.25. The smallest absolute Gasteiger partial charge is 0.0954 e. The van der Waals surface area contributed by atoms with Crippen LogP contribution in [0.2, 0.25) is 0 Å². The lowest BCUT2D eigenvalue weighted by molar-refractivity contribution is 0.0122. The first-order valence-electron chi connectivity index (χ1n) is 4.57. The molecule has 1 fully saturated rings. The molecule has 1 aliphatic heterocycles. The van der Waals surface area contributed by atoms with E-state index in [4.69, 9.17) is 10.5 Å². The highest BCUT2D eigenvalue weighted by Gasteiger charge is 2.34. The highest BCUT2D eigenvalue weighted by molar-refractivity contribution is 7.09. The van der Waals surface area contributed by atoms with Crippen molar-refractivity contribution in [2.75, 3.05) is 13.2 Å². The molecule has 1 aromatic heterocycles. The van der Waals surface area contributed by atoms with Crippen LogP contribution in [-0.4, -0.2) is 23.7 Å². The van der Waals surface area contributed by atoms with Gasteiger partial charge in [-0.2, -0.15) is 0 Å². The molecule has 1 aromatic rings. The first-order valence-corrected chi connectivity index (χ1v) is 5.45. The summed E-state index contributed by atoms with van der Waals surface area (Å²) in [5.74, 6) is 0. The fourth-order valence-electron chi connectivity index (χ4n) is 1.74. The summed E-state index contributed by atoms with van der Waals surface area (Å²) in [6.07, 6.45) is 4.91. The minimum Gasteiger partial charge on any atom is -0.373 e. The lowest BCUT2D eigenvalue weighted by Crippen LogP contribution is -2.39. The molecule has 4 heteroatoms. The number of rotatable bonds is 3. The van der Waals surface area contributed by atoms with Crippen LogP contribution in [-0.2, 0) is 11.2 Å². The van der Waals surface area contributed by atoms with Crippen molar-refractivity contribution in [2.24, 2.45) is 5.73 Å². The Hall–Kier alpha value is -0.450. The molecule has 2 heterocycles. The van der Waals surface area contributed by atoms with Crippen molar-refractivity contribution in [1.82, 2.24) is 4.98 Å². The van der Waals surface area contributed by atoms with Crippen molar-refractivity contribution in [3.8, 4) is 0 Å². The Labute approximate surface area is 81.9 Å². The van der Waals surface area contributed by atoms with E-state index in [1.165, 1.54) is 0 Å². The molecule has 0 radical (unpaired) electrons. The van der Waals surface area contributed by atoms with Crippen molar-refractivity contribution in [1.29, 1.82) is 0 Å². The predicted molar refractivity (Wildman–Crippen MR) is 52.8 cm³/mol. The standard InChI is InChI=1S/C9H14N2OS/c10-7-9(2-1-4-12-9)6-8-11-3-5-13-8/h3,5H,1-2,4,6-7,10H2. The van der Waals surface area contributed by atoms with Crippen LogP contribution in [0.3, 0.4) is 0 Å². The number of aromatic nitrogens is 1. The normalized spacial score (nSPS) is 28.1. The van der Waals surface area contributed by atoms with Gasteiger partial charge in [0, 0.05) is 31.1 Å². The molecule has 0 aliphatic carbocycles. The Balaban J connectivity index is 2.06. The number of ether oxygens (including phenoxy) is 1. The van der Waals surface area contributed by atoms with Gasteiger partial charge in [0.2, 0.25) is 0 Å². The first kappa shape index (κ1) is 9.12. The van der Waals surface area contributed by atoms with Gasteiger partial charge < -0.3 is 10.5 Å². The van der Waals surface area contributed by atoms with Gasteiger partial charge in [-0.05, 0) is 12.8 Å². The Bertz CT molecular complexity index is 255. The molecule has 13 heavy (non-hydrogen) atoms. The van der Waals surface area contributed by atoms with Gasteiger partial charge in [0.15, 0.2) is 0 Å². The van der Waals surface area contributed by atoms with Gasteiger partial charge in [-0.1, -0.05) is 0 Å². The third-order valence-corrected chi connectivity index (χ3v) is 3.29. The van der Waals surface area contributed by atoms with Crippen LogP contribution < -0.4 is 5.73 Å².